The molecule has 0 bridgehead atoms. The van der Waals surface area contributed by atoms with E-state index >= 15 is 0 Å². The Morgan fingerprint density at radius 3 is 2.57 bits per heavy atom. The summed E-state index contributed by atoms with van der Waals surface area (Å²) in [5.41, 5.74) is -0.653. The van der Waals surface area contributed by atoms with Crippen molar-refractivity contribution in [2.24, 2.45) is 0 Å². The molecule has 0 spiro atoms. The van der Waals surface area contributed by atoms with E-state index in [1.807, 2.05) is 0 Å². The molecule has 144 valence electrons. The van der Waals surface area contributed by atoms with Gasteiger partial charge in [-0.1, -0.05) is 17.3 Å². The molecule has 0 saturated carbocycles. The van der Waals surface area contributed by atoms with Crippen molar-refractivity contribution in [1.82, 2.24) is 15.0 Å². The molecule has 0 aliphatic heterocycles. The van der Waals surface area contributed by atoms with E-state index in [0.29, 0.717) is 5.69 Å². The third kappa shape index (κ3) is 3.82. The van der Waals surface area contributed by atoms with Crippen molar-refractivity contribution < 1.29 is 22.9 Å². The predicted molar refractivity (Wildman–Crippen MR) is 92.1 cm³/mol. The highest BCUT2D eigenvalue weighted by Gasteiger charge is 2.30. The van der Waals surface area contributed by atoms with Crippen LogP contribution in [0.15, 0.2) is 48.5 Å². The van der Waals surface area contributed by atoms with Gasteiger partial charge >= 0.3 is 6.18 Å². The Labute approximate surface area is 155 Å². The van der Waals surface area contributed by atoms with Gasteiger partial charge in [0.05, 0.1) is 21.9 Å². The zero-order valence-electron chi connectivity index (χ0n) is 14.3. The molecule has 28 heavy (non-hydrogen) atoms. The maximum absolute atomic E-state index is 12.8. The first kappa shape index (κ1) is 19.0. The Morgan fingerprint density at radius 2 is 1.89 bits per heavy atom. The molecular weight excluding hydrogens is 379 g/mol. The van der Waals surface area contributed by atoms with Gasteiger partial charge in [-0.25, -0.2) is 4.68 Å². The summed E-state index contributed by atoms with van der Waals surface area (Å²) in [6.45, 7) is 1.51. The number of rotatable bonds is 4. The number of carbonyl (C=O) groups is 1. The number of benzene rings is 2. The number of alkyl halides is 3. The van der Waals surface area contributed by atoms with E-state index in [4.69, 9.17) is 0 Å². The SMILES string of the molecule is Cc1c(C(=O)Nc2cccc(C(F)(F)F)c2)nnn1-c1cccc([N+](=O)[O-])c1. The van der Waals surface area contributed by atoms with E-state index in [1.165, 1.54) is 41.9 Å². The molecule has 8 nitrogen and oxygen atoms in total. The molecule has 1 amide bonds. The first-order valence-corrected chi connectivity index (χ1v) is 7.82. The molecule has 0 saturated heterocycles. The third-order valence-corrected chi connectivity index (χ3v) is 3.84. The van der Waals surface area contributed by atoms with Crippen molar-refractivity contribution in [1.29, 1.82) is 0 Å². The molecule has 0 aliphatic rings. The molecule has 1 aromatic heterocycles. The van der Waals surface area contributed by atoms with Gasteiger partial charge in [-0.15, -0.1) is 5.10 Å². The number of halogens is 3. The fourth-order valence-corrected chi connectivity index (χ4v) is 2.49. The summed E-state index contributed by atoms with van der Waals surface area (Å²) in [5, 5.41) is 20.8. The topological polar surface area (TPSA) is 103 Å². The Kier molecular flexibility index (Phi) is 4.82. The van der Waals surface area contributed by atoms with E-state index in [9.17, 15) is 28.1 Å². The van der Waals surface area contributed by atoms with Crippen molar-refractivity contribution in [3.8, 4) is 5.69 Å². The maximum atomic E-state index is 12.8. The number of nitro benzene ring substituents is 1. The first-order chi connectivity index (χ1) is 13.2. The van der Waals surface area contributed by atoms with Gasteiger partial charge in [0.25, 0.3) is 11.6 Å². The van der Waals surface area contributed by atoms with Crippen LogP contribution in [0.4, 0.5) is 24.5 Å². The van der Waals surface area contributed by atoms with Crippen LogP contribution < -0.4 is 5.32 Å². The van der Waals surface area contributed by atoms with E-state index in [1.54, 1.807) is 6.07 Å². The lowest BCUT2D eigenvalue weighted by Gasteiger charge is -2.09. The highest BCUT2D eigenvalue weighted by atomic mass is 19.4. The lowest BCUT2D eigenvalue weighted by atomic mass is 10.2. The second kappa shape index (κ2) is 7.10. The number of amides is 1. The van der Waals surface area contributed by atoms with Gasteiger partial charge in [0.15, 0.2) is 5.69 Å². The first-order valence-electron chi connectivity index (χ1n) is 7.82. The number of carbonyl (C=O) groups excluding carboxylic acids is 1. The molecular formula is C17H12F3N5O3. The van der Waals surface area contributed by atoms with E-state index < -0.39 is 22.6 Å². The zero-order chi connectivity index (χ0) is 20.5. The van der Waals surface area contributed by atoms with Gasteiger partial charge in [-0.05, 0) is 31.2 Å². The monoisotopic (exact) mass is 391 g/mol. The van der Waals surface area contributed by atoms with Crippen LogP contribution in [0.2, 0.25) is 0 Å². The molecule has 1 heterocycles. The largest absolute Gasteiger partial charge is 0.416 e. The maximum Gasteiger partial charge on any atom is 0.416 e. The van der Waals surface area contributed by atoms with Crippen molar-refractivity contribution in [2.75, 3.05) is 5.32 Å². The fourth-order valence-electron chi connectivity index (χ4n) is 2.49. The van der Waals surface area contributed by atoms with Crippen molar-refractivity contribution >= 4 is 17.3 Å². The quantitative estimate of drug-likeness (QED) is 0.539. The van der Waals surface area contributed by atoms with Crippen LogP contribution in [0, 0.1) is 17.0 Å². The van der Waals surface area contributed by atoms with Crippen LogP contribution in [0.25, 0.3) is 5.69 Å². The summed E-state index contributed by atoms with van der Waals surface area (Å²) >= 11 is 0. The standard InChI is InChI=1S/C17H12F3N5O3/c1-10-15(16(26)21-12-5-2-4-11(8-12)17(18,19)20)22-23-24(10)13-6-3-7-14(9-13)25(27)28/h2-9H,1H3,(H,21,26). The second-order valence-corrected chi connectivity index (χ2v) is 5.74. The van der Waals surface area contributed by atoms with E-state index in [2.05, 4.69) is 15.6 Å². The minimum absolute atomic E-state index is 0.0517. The summed E-state index contributed by atoms with van der Waals surface area (Å²) in [4.78, 5) is 22.7. The number of hydrogen-bond donors (Lipinski definition) is 1. The molecule has 11 heteroatoms. The Bertz CT molecular complexity index is 1060. The smallest absolute Gasteiger partial charge is 0.321 e. The van der Waals surface area contributed by atoms with Gasteiger partial charge in [-0.3, -0.25) is 14.9 Å². The van der Waals surface area contributed by atoms with Crippen LogP contribution in [-0.2, 0) is 6.18 Å². The molecule has 0 unspecified atom stereocenters. The second-order valence-electron chi connectivity index (χ2n) is 5.74. The van der Waals surface area contributed by atoms with Crippen molar-refractivity contribution in [3.05, 3.63) is 75.6 Å². The summed E-state index contributed by atoms with van der Waals surface area (Å²) < 4.78 is 39.6. The predicted octanol–water partition coefficient (Wildman–Crippen LogP) is 3.76. The summed E-state index contributed by atoms with van der Waals surface area (Å²) in [6.07, 6.45) is -4.54. The Morgan fingerprint density at radius 1 is 1.18 bits per heavy atom. The number of anilines is 1. The van der Waals surface area contributed by atoms with Gasteiger partial charge in [0.2, 0.25) is 0 Å². The number of non-ortho nitro benzene ring substituents is 1. The van der Waals surface area contributed by atoms with Gasteiger partial charge in [-0.2, -0.15) is 13.2 Å². The highest BCUT2D eigenvalue weighted by molar-refractivity contribution is 6.03. The van der Waals surface area contributed by atoms with Crippen LogP contribution in [0.1, 0.15) is 21.7 Å². The molecule has 0 aliphatic carbocycles. The van der Waals surface area contributed by atoms with Crippen molar-refractivity contribution in [2.45, 2.75) is 13.1 Å². The number of hydrogen-bond acceptors (Lipinski definition) is 5. The molecule has 0 fully saturated rings. The van der Waals surface area contributed by atoms with E-state index in [0.717, 1.165) is 12.1 Å². The van der Waals surface area contributed by atoms with Gasteiger partial charge in [0, 0.05) is 17.8 Å². The Hall–Kier alpha value is -3.76. The molecule has 3 rings (SSSR count). The van der Waals surface area contributed by atoms with Crippen LogP contribution in [-0.4, -0.2) is 25.8 Å². The molecule has 3 aromatic rings. The fraction of sp³-hybridized carbons (Fsp3) is 0.118. The summed E-state index contributed by atoms with van der Waals surface area (Å²) in [6, 6.07) is 9.74. The summed E-state index contributed by atoms with van der Waals surface area (Å²) in [7, 11) is 0. The number of aromatic nitrogens is 3. The lowest BCUT2D eigenvalue weighted by molar-refractivity contribution is -0.384. The van der Waals surface area contributed by atoms with Crippen LogP contribution in [0.3, 0.4) is 0 Å². The molecule has 0 atom stereocenters. The number of nitrogens with zero attached hydrogens (tertiary/aromatic N) is 4. The van der Waals surface area contributed by atoms with Gasteiger partial charge < -0.3 is 5.32 Å². The number of nitrogens with one attached hydrogen (secondary N) is 1. The van der Waals surface area contributed by atoms with Gasteiger partial charge in [0.1, 0.15) is 0 Å². The summed E-state index contributed by atoms with van der Waals surface area (Å²) in [5.74, 6) is -0.756. The lowest BCUT2D eigenvalue weighted by Crippen LogP contribution is -2.15. The minimum Gasteiger partial charge on any atom is -0.321 e. The average Bonchev–Trinajstić information content (AvgIpc) is 3.03. The molecule has 1 N–H and O–H groups in total. The van der Waals surface area contributed by atoms with Crippen LogP contribution >= 0.6 is 0 Å². The normalized spacial score (nSPS) is 11.3. The molecule has 0 radical (unpaired) electrons. The van der Waals surface area contributed by atoms with Crippen molar-refractivity contribution in [3.63, 3.8) is 0 Å². The minimum atomic E-state index is -4.54. The third-order valence-electron chi connectivity index (χ3n) is 3.84. The Balaban J connectivity index is 1.87. The number of nitro groups is 1. The highest BCUT2D eigenvalue weighted by Crippen LogP contribution is 2.30. The molecule has 2 aromatic carbocycles. The zero-order valence-corrected chi connectivity index (χ0v) is 14.3. The average molecular weight is 391 g/mol. The van der Waals surface area contributed by atoms with Crippen LogP contribution in [0.5, 0.6) is 0 Å². The van der Waals surface area contributed by atoms with E-state index in [-0.39, 0.29) is 22.8 Å².